The molecule has 29 heavy (non-hydrogen) atoms. The number of hydrogen-bond donors (Lipinski definition) is 2. The van der Waals surface area contributed by atoms with Gasteiger partial charge in [0.15, 0.2) is 0 Å². The van der Waals surface area contributed by atoms with Crippen molar-refractivity contribution in [2.24, 2.45) is 0 Å². The molecule has 7 nitrogen and oxygen atoms in total. The standard InChI is InChI=1S/C22H24N2O5/c1-28-18-5-2-15(3-6-18)21(26)24-12-10-22(11-13-24)9-8-16-14-17(20(25)23-27)4-7-19(16)29-22/h2-7,14,27H,8-13H2,1H3,(H,23,25). The Morgan fingerprint density at radius 3 is 2.41 bits per heavy atom. The number of benzene rings is 2. The van der Waals surface area contributed by atoms with Gasteiger partial charge in [-0.2, -0.15) is 0 Å². The summed E-state index contributed by atoms with van der Waals surface area (Å²) in [5.41, 5.74) is 3.42. The first-order valence-electron chi connectivity index (χ1n) is 9.73. The average molecular weight is 396 g/mol. The summed E-state index contributed by atoms with van der Waals surface area (Å²) in [6, 6.07) is 12.4. The molecule has 2 N–H and O–H groups in total. The molecule has 4 rings (SSSR count). The Kier molecular flexibility index (Phi) is 5.15. The Labute approximate surface area is 169 Å². The number of rotatable bonds is 3. The molecule has 152 valence electrons. The highest BCUT2D eigenvalue weighted by Crippen LogP contribution is 2.39. The predicted molar refractivity (Wildman–Crippen MR) is 106 cm³/mol. The first kappa shape index (κ1) is 19.3. The van der Waals surface area contributed by atoms with E-state index in [0.717, 1.165) is 42.7 Å². The number of fused-ring (bicyclic) bond motifs is 1. The minimum absolute atomic E-state index is 0.0263. The summed E-state index contributed by atoms with van der Waals surface area (Å²) in [5, 5.41) is 8.80. The van der Waals surface area contributed by atoms with Crippen molar-refractivity contribution < 1.29 is 24.3 Å². The number of aryl methyl sites for hydroxylation is 1. The molecule has 0 radical (unpaired) electrons. The number of piperidine rings is 1. The number of amides is 2. The molecule has 2 aliphatic heterocycles. The van der Waals surface area contributed by atoms with Crippen molar-refractivity contribution in [1.82, 2.24) is 10.4 Å². The van der Waals surface area contributed by atoms with E-state index in [1.54, 1.807) is 55.1 Å². The fraction of sp³-hybridized carbons (Fsp3) is 0.364. The van der Waals surface area contributed by atoms with Crippen LogP contribution in [0.1, 0.15) is 45.5 Å². The van der Waals surface area contributed by atoms with Crippen molar-refractivity contribution in [3.63, 3.8) is 0 Å². The van der Waals surface area contributed by atoms with E-state index in [9.17, 15) is 9.59 Å². The van der Waals surface area contributed by atoms with Crippen LogP contribution in [0.25, 0.3) is 0 Å². The molecule has 1 fully saturated rings. The summed E-state index contributed by atoms with van der Waals surface area (Å²) in [7, 11) is 1.60. The zero-order valence-corrected chi connectivity index (χ0v) is 16.3. The van der Waals surface area contributed by atoms with E-state index in [4.69, 9.17) is 14.7 Å². The minimum atomic E-state index is -0.529. The van der Waals surface area contributed by atoms with Crippen LogP contribution < -0.4 is 15.0 Å². The van der Waals surface area contributed by atoms with E-state index in [1.807, 2.05) is 4.90 Å². The molecule has 2 aromatic carbocycles. The van der Waals surface area contributed by atoms with Crippen molar-refractivity contribution >= 4 is 11.8 Å². The van der Waals surface area contributed by atoms with Crippen LogP contribution in [0.5, 0.6) is 11.5 Å². The number of ether oxygens (including phenoxy) is 2. The molecular formula is C22H24N2O5. The summed E-state index contributed by atoms with van der Waals surface area (Å²) in [6.07, 6.45) is 3.18. The number of carbonyl (C=O) groups excluding carboxylic acids is 2. The number of nitrogens with one attached hydrogen (secondary N) is 1. The van der Waals surface area contributed by atoms with Gasteiger partial charge in [-0.1, -0.05) is 0 Å². The first-order chi connectivity index (χ1) is 14.0. The van der Waals surface area contributed by atoms with Gasteiger partial charge >= 0.3 is 0 Å². The van der Waals surface area contributed by atoms with Gasteiger partial charge in [0, 0.05) is 37.1 Å². The van der Waals surface area contributed by atoms with Crippen LogP contribution in [0, 0.1) is 0 Å². The van der Waals surface area contributed by atoms with Gasteiger partial charge in [0.1, 0.15) is 17.1 Å². The van der Waals surface area contributed by atoms with Gasteiger partial charge in [0.25, 0.3) is 11.8 Å². The molecule has 2 aliphatic rings. The second kappa shape index (κ2) is 7.75. The molecule has 2 heterocycles. The van der Waals surface area contributed by atoms with Crippen molar-refractivity contribution in [1.29, 1.82) is 0 Å². The quantitative estimate of drug-likeness (QED) is 0.615. The lowest BCUT2D eigenvalue weighted by Gasteiger charge is -2.44. The maximum Gasteiger partial charge on any atom is 0.274 e. The Bertz CT molecular complexity index is 917. The summed E-state index contributed by atoms with van der Waals surface area (Å²) in [6.45, 7) is 1.29. The Hall–Kier alpha value is -3.06. The number of hydrogen-bond acceptors (Lipinski definition) is 5. The zero-order chi connectivity index (χ0) is 20.4. The van der Waals surface area contributed by atoms with Gasteiger partial charge < -0.3 is 14.4 Å². The molecule has 0 unspecified atom stereocenters. The fourth-order valence-electron chi connectivity index (χ4n) is 4.11. The van der Waals surface area contributed by atoms with Gasteiger partial charge in [0.05, 0.1) is 7.11 Å². The summed E-state index contributed by atoms with van der Waals surface area (Å²) < 4.78 is 11.5. The highest BCUT2D eigenvalue weighted by atomic mass is 16.5. The topological polar surface area (TPSA) is 88.1 Å². The highest BCUT2D eigenvalue weighted by molar-refractivity contribution is 5.94. The van der Waals surface area contributed by atoms with Crippen LogP contribution in [0.15, 0.2) is 42.5 Å². The number of likely N-dealkylation sites (tertiary alicyclic amines) is 1. The lowest BCUT2D eigenvalue weighted by Crippen LogP contribution is -2.51. The molecule has 1 spiro atoms. The van der Waals surface area contributed by atoms with E-state index in [2.05, 4.69) is 0 Å². The molecule has 2 amide bonds. The molecule has 0 aromatic heterocycles. The maximum atomic E-state index is 12.8. The number of methoxy groups -OCH3 is 1. The van der Waals surface area contributed by atoms with Crippen LogP contribution in [0.2, 0.25) is 0 Å². The monoisotopic (exact) mass is 396 g/mol. The smallest absolute Gasteiger partial charge is 0.274 e. The zero-order valence-electron chi connectivity index (χ0n) is 16.3. The third kappa shape index (κ3) is 3.78. The van der Waals surface area contributed by atoms with Gasteiger partial charge in [-0.3, -0.25) is 14.8 Å². The van der Waals surface area contributed by atoms with Crippen LogP contribution in [-0.2, 0) is 6.42 Å². The summed E-state index contributed by atoms with van der Waals surface area (Å²) >= 11 is 0. The van der Waals surface area contributed by atoms with E-state index < -0.39 is 5.91 Å². The molecule has 2 aromatic rings. The summed E-state index contributed by atoms with van der Waals surface area (Å²) in [5.74, 6) is 1.01. The Morgan fingerprint density at radius 1 is 1.07 bits per heavy atom. The maximum absolute atomic E-state index is 12.8. The highest BCUT2D eigenvalue weighted by Gasteiger charge is 2.40. The fourth-order valence-corrected chi connectivity index (χ4v) is 4.11. The molecule has 0 saturated carbocycles. The van der Waals surface area contributed by atoms with Gasteiger partial charge in [0.2, 0.25) is 0 Å². The number of carbonyl (C=O) groups is 2. The van der Waals surface area contributed by atoms with Crippen molar-refractivity contribution in [3.05, 3.63) is 59.2 Å². The third-order valence-corrected chi connectivity index (χ3v) is 5.90. The normalized spacial score (nSPS) is 17.2. The molecular weight excluding hydrogens is 372 g/mol. The Balaban J connectivity index is 1.41. The van der Waals surface area contributed by atoms with Gasteiger partial charge in [-0.05, 0) is 60.9 Å². The third-order valence-electron chi connectivity index (χ3n) is 5.90. The van der Waals surface area contributed by atoms with E-state index in [1.165, 1.54) is 0 Å². The van der Waals surface area contributed by atoms with Crippen LogP contribution in [-0.4, -0.2) is 47.7 Å². The Morgan fingerprint density at radius 2 is 1.76 bits per heavy atom. The second-order valence-corrected chi connectivity index (χ2v) is 7.57. The molecule has 0 aliphatic carbocycles. The lowest BCUT2D eigenvalue weighted by molar-refractivity contribution is -0.0107. The van der Waals surface area contributed by atoms with Crippen molar-refractivity contribution in [2.45, 2.75) is 31.3 Å². The van der Waals surface area contributed by atoms with Crippen LogP contribution in [0.4, 0.5) is 0 Å². The van der Waals surface area contributed by atoms with E-state index in [0.29, 0.717) is 24.2 Å². The minimum Gasteiger partial charge on any atom is -0.497 e. The van der Waals surface area contributed by atoms with E-state index >= 15 is 0 Å². The SMILES string of the molecule is COc1ccc(C(=O)N2CCC3(CCc4cc(C(=O)NO)ccc4O3)CC2)cc1. The van der Waals surface area contributed by atoms with Gasteiger partial charge in [-0.25, -0.2) is 5.48 Å². The first-order valence-corrected chi connectivity index (χ1v) is 9.73. The van der Waals surface area contributed by atoms with Crippen LogP contribution in [0.3, 0.4) is 0 Å². The summed E-state index contributed by atoms with van der Waals surface area (Å²) in [4.78, 5) is 26.3. The average Bonchev–Trinajstić information content (AvgIpc) is 2.78. The molecule has 1 saturated heterocycles. The number of nitrogens with zero attached hydrogens (tertiary/aromatic N) is 1. The van der Waals surface area contributed by atoms with Crippen LogP contribution >= 0.6 is 0 Å². The molecule has 0 atom stereocenters. The molecule has 0 bridgehead atoms. The van der Waals surface area contributed by atoms with Crippen molar-refractivity contribution in [3.8, 4) is 11.5 Å². The predicted octanol–water partition coefficient (Wildman–Crippen LogP) is 2.81. The largest absolute Gasteiger partial charge is 0.497 e. The molecule has 7 heteroatoms. The second-order valence-electron chi connectivity index (χ2n) is 7.57. The van der Waals surface area contributed by atoms with E-state index in [-0.39, 0.29) is 11.5 Å². The van der Waals surface area contributed by atoms with Crippen molar-refractivity contribution in [2.75, 3.05) is 20.2 Å². The van der Waals surface area contributed by atoms with Gasteiger partial charge in [-0.15, -0.1) is 0 Å². The number of hydroxylamine groups is 1. The lowest BCUT2D eigenvalue weighted by atomic mass is 9.82.